The van der Waals surface area contributed by atoms with Gasteiger partial charge in [-0.15, -0.1) is 0 Å². The molecule has 5 heteroatoms. The van der Waals surface area contributed by atoms with Gasteiger partial charge in [0.2, 0.25) is 0 Å². The van der Waals surface area contributed by atoms with E-state index in [9.17, 15) is 9.90 Å². The summed E-state index contributed by atoms with van der Waals surface area (Å²) in [4.78, 5) is 15.9. The Labute approximate surface area is 127 Å². The predicted molar refractivity (Wildman–Crippen MR) is 83.7 cm³/mol. The fourth-order valence-corrected chi connectivity index (χ4v) is 2.09. The third-order valence-electron chi connectivity index (χ3n) is 3.15. The monoisotopic (exact) mass is 294 g/mol. The van der Waals surface area contributed by atoms with Gasteiger partial charge in [-0.3, -0.25) is 10.3 Å². The number of rotatable bonds is 3. The average Bonchev–Trinajstić information content (AvgIpc) is 2.54. The van der Waals surface area contributed by atoms with Gasteiger partial charge in [-0.2, -0.15) is 0 Å². The Hall–Kier alpha value is -3.08. The zero-order valence-corrected chi connectivity index (χ0v) is 11.7. The van der Waals surface area contributed by atoms with Crippen molar-refractivity contribution in [2.24, 2.45) is 0 Å². The quantitative estimate of drug-likeness (QED) is 0.772. The molecule has 0 saturated heterocycles. The van der Waals surface area contributed by atoms with Crippen LogP contribution in [0.4, 0.5) is 10.5 Å². The van der Waals surface area contributed by atoms with Gasteiger partial charge in [0.15, 0.2) is 0 Å². The maximum atomic E-state index is 11.8. The number of pyridine rings is 1. The molecule has 3 rings (SSSR count). The number of ether oxygens (including phenoxy) is 1. The van der Waals surface area contributed by atoms with E-state index >= 15 is 0 Å². The molecular weight excluding hydrogens is 280 g/mol. The van der Waals surface area contributed by atoms with Crippen LogP contribution >= 0.6 is 0 Å². The molecule has 0 aliphatic rings. The zero-order chi connectivity index (χ0) is 15.4. The second-order valence-electron chi connectivity index (χ2n) is 4.76. The molecule has 0 aliphatic heterocycles. The van der Waals surface area contributed by atoms with Crippen LogP contribution in [0.1, 0.15) is 5.56 Å². The largest absolute Gasteiger partial charge is 0.506 e. The molecule has 0 spiro atoms. The summed E-state index contributed by atoms with van der Waals surface area (Å²) in [6.45, 7) is 0.203. The van der Waals surface area contributed by atoms with Crippen LogP contribution in [-0.4, -0.2) is 16.2 Å². The fourth-order valence-electron chi connectivity index (χ4n) is 2.09. The molecule has 22 heavy (non-hydrogen) atoms. The number of nitrogens with one attached hydrogen (secondary N) is 1. The first kappa shape index (κ1) is 13.9. The molecule has 2 aromatic carbocycles. The second kappa shape index (κ2) is 6.13. The number of nitrogens with zero attached hydrogens (tertiary/aromatic N) is 1. The topological polar surface area (TPSA) is 71.5 Å². The number of aromatic nitrogens is 1. The van der Waals surface area contributed by atoms with Crippen molar-refractivity contribution in [1.82, 2.24) is 4.98 Å². The first-order chi connectivity index (χ1) is 10.7. The number of phenols is 1. The number of anilines is 1. The molecule has 2 N–H and O–H groups in total. The van der Waals surface area contributed by atoms with E-state index in [1.54, 1.807) is 18.2 Å². The molecule has 1 heterocycles. The third kappa shape index (κ3) is 3.15. The number of para-hydroxylation sites is 1. The van der Waals surface area contributed by atoms with Crippen molar-refractivity contribution in [2.75, 3.05) is 5.32 Å². The lowest BCUT2D eigenvalue weighted by Gasteiger charge is -2.08. The molecule has 0 radical (unpaired) electrons. The van der Waals surface area contributed by atoms with E-state index in [1.165, 1.54) is 6.20 Å². The Morgan fingerprint density at radius 3 is 2.77 bits per heavy atom. The van der Waals surface area contributed by atoms with Crippen LogP contribution in [0.5, 0.6) is 5.75 Å². The van der Waals surface area contributed by atoms with Crippen LogP contribution in [0.15, 0.2) is 60.8 Å². The minimum atomic E-state index is -0.551. The summed E-state index contributed by atoms with van der Waals surface area (Å²) in [5, 5.41) is 13.0. The molecule has 0 bridgehead atoms. The van der Waals surface area contributed by atoms with Crippen molar-refractivity contribution in [2.45, 2.75) is 6.61 Å². The lowest BCUT2D eigenvalue weighted by molar-refractivity contribution is 0.155. The van der Waals surface area contributed by atoms with E-state index in [0.29, 0.717) is 11.2 Å². The highest BCUT2D eigenvalue weighted by Gasteiger charge is 2.06. The summed E-state index contributed by atoms with van der Waals surface area (Å²) in [5.41, 5.74) is 1.92. The number of amides is 1. The first-order valence-corrected chi connectivity index (χ1v) is 6.78. The van der Waals surface area contributed by atoms with Crippen molar-refractivity contribution < 1.29 is 14.6 Å². The smallest absolute Gasteiger partial charge is 0.412 e. The highest BCUT2D eigenvalue weighted by molar-refractivity contribution is 5.91. The van der Waals surface area contributed by atoms with Crippen molar-refractivity contribution in [3.8, 4) is 5.75 Å². The highest BCUT2D eigenvalue weighted by Crippen LogP contribution is 2.24. The summed E-state index contributed by atoms with van der Waals surface area (Å²) in [5.74, 6) is 0.107. The normalized spacial score (nSPS) is 10.4. The number of carbonyl (C=O) groups excluding carboxylic acids is 1. The minimum absolute atomic E-state index is 0.107. The van der Waals surface area contributed by atoms with Crippen molar-refractivity contribution in [3.05, 3.63) is 66.4 Å². The van der Waals surface area contributed by atoms with E-state index in [4.69, 9.17) is 4.74 Å². The molecule has 3 aromatic rings. The third-order valence-corrected chi connectivity index (χ3v) is 3.15. The lowest BCUT2D eigenvalue weighted by Crippen LogP contribution is -2.13. The Morgan fingerprint density at radius 1 is 1.14 bits per heavy atom. The van der Waals surface area contributed by atoms with Crippen LogP contribution in [-0.2, 0) is 11.3 Å². The molecular formula is C17H14N2O3. The summed E-state index contributed by atoms with van der Waals surface area (Å²) in [6, 6.07) is 16.3. The van der Waals surface area contributed by atoms with E-state index < -0.39 is 6.09 Å². The summed E-state index contributed by atoms with van der Waals surface area (Å²) in [6.07, 6.45) is 0.927. The number of carbonyl (C=O) groups is 1. The summed E-state index contributed by atoms with van der Waals surface area (Å²) >= 11 is 0. The van der Waals surface area contributed by atoms with Gasteiger partial charge in [0.05, 0.1) is 11.9 Å². The van der Waals surface area contributed by atoms with E-state index in [1.807, 2.05) is 36.4 Å². The number of phenolic OH excluding ortho intramolecular Hbond substituents is 1. The lowest BCUT2D eigenvalue weighted by atomic mass is 10.2. The van der Waals surface area contributed by atoms with Gasteiger partial charge >= 0.3 is 6.09 Å². The van der Waals surface area contributed by atoms with Gasteiger partial charge in [-0.05, 0) is 17.7 Å². The van der Waals surface area contributed by atoms with E-state index in [2.05, 4.69) is 10.3 Å². The molecule has 0 aliphatic carbocycles. The minimum Gasteiger partial charge on any atom is -0.506 e. The molecule has 0 unspecified atom stereocenters. The average molecular weight is 294 g/mol. The van der Waals surface area contributed by atoms with Crippen LogP contribution in [0.2, 0.25) is 0 Å². The maximum absolute atomic E-state index is 11.8. The Kier molecular flexibility index (Phi) is 3.87. The second-order valence-corrected chi connectivity index (χ2v) is 4.76. The Balaban J connectivity index is 1.66. The van der Waals surface area contributed by atoms with E-state index in [0.717, 1.165) is 10.9 Å². The number of hydrogen-bond acceptors (Lipinski definition) is 4. The Morgan fingerprint density at radius 2 is 1.95 bits per heavy atom. The highest BCUT2D eigenvalue weighted by atomic mass is 16.5. The molecule has 0 atom stereocenters. The Bertz CT molecular complexity index is 803. The zero-order valence-electron chi connectivity index (χ0n) is 11.7. The maximum Gasteiger partial charge on any atom is 0.412 e. The number of benzene rings is 2. The summed E-state index contributed by atoms with van der Waals surface area (Å²) in [7, 11) is 0. The molecule has 0 fully saturated rings. The van der Waals surface area contributed by atoms with Crippen molar-refractivity contribution in [3.63, 3.8) is 0 Å². The number of fused-ring (bicyclic) bond motifs is 1. The van der Waals surface area contributed by atoms with Gasteiger partial charge in [0.25, 0.3) is 0 Å². The van der Waals surface area contributed by atoms with Crippen molar-refractivity contribution in [1.29, 1.82) is 0 Å². The number of hydrogen-bond donors (Lipinski definition) is 2. The summed E-state index contributed by atoms with van der Waals surface area (Å²) < 4.78 is 5.14. The molecule has 1 amide bonds. The SMILES string of the molecule is O=C(Nc1cnc2c(O)cccc2c1)OCc1ccccc1. The fraction of sp³-hybridized carbons (Fsp3) is 0.0588. The van der Waals surface area contributed by atoms with Crippen LogP contribution in [0, 0.1) is 0 Å². The standard InChI is InChI=1S/C17H14N2O3/c20-15-8-4-7-13-9-14(10-18-16(13)15)19-17(21)22-11-12-5-2-1-3-6-12/h1-10,20H,11H2,(H,19,21). The van der Waals surface area contributed by atoms with Crippen LogP contribution in [0.25, 0.3) is 10.9 Å². The molecule has 110 valence electrons. The predicted octanol–water partition coefficient (Wildman–Crippen LogP) is 3.69. The van der Waals surface area contributed by atoms with E-state index in [-0.39, 0.29) is 12.4 Å². The van der Waals surface area contributed by atoms with Gasteiger partial charge in [0, 0.05) is 5.39 Å². The van der Waals surface area contributed by atoms with Crippen LogP contribution < -0.4 is 5.32 Å². The van der Waals surface area contributed by atoms with Gasteiger partial charge in [-0.25, -0.2) is 4.79 Å². The van der Waals surface area contributed by atoms with Crippen molar-refractivity contribution >= 4 is 22.7 Å². The molecule has 5 nitrogen and oxygen atoms in total. The number of aromatic hydroxyl groups is 1. The van der Waals surface area contributed by atoms with Gasteiger partial charge in [-0.1, -0.05) is 42.5 Å². The first-order valence-electron chi connectivity index (χ1n) is 6.78. The van der Waals surface area contributed by atoms with Crippen LogP contribution in [0.3, 0.4) is 0 Å². The van der Waals surface area contributed by atoms with Gasteiger partial charge < -0.3 is 9.84 Å². The van der Waals surface area contributed by atoms with Gasteiger partial charge in [0.1, 0.15) is 17.9 Å². The molecule has 1 aromatic heterocycles. The molecule has 0 saturated carbocycles.